The van der Waals surface area contributed by atoms with E-state index in [1.54, 1.807) is 0 Å². The van der Waals surface area contributed by atoms with Crippen molar-refractivity contribution in [1.82, 2.24) is 25.7 Å². The van der Waals surface area contributed by atoms with Crippen LogP contribution in [0.25, 0.3) is 0 Å². The number of carbonyl (C=O) groups is 2. The largest absolute Gasteiger partial charge is 0.414 e. The van der Waals surface area contributed by atoms with Crippen LogP contribution in [0.1, 0.15) is 63.8 Å². The molecule has 0 saturated heterocycles. The lowest BCUT2D eigenvalue weighted by Gasteiger charge is -2.56. The van der Waals surface area contributed by atoms with Crippen LogP contribution in [0.3, 0.4) is 0 Å². The Balaban J connectivity index is 1.25. The average Bonchev–Trinajstić information content (AvgIpc) is 3.07. The van der Waals surface area contributed by atoms with Crippen LogP contribution in [-0.2, 0) is 4.79 Å². The number of hydrogen-bond acceptors (Lipinski definition) is 7. The predicted octanol–water partition coefficient (Wildman–Crippen LogP) is 2.97. The van der Waals surface area contributed by atoms with Gasteiger partial charge in [-0.3, -0.25) is 15.0 Å². The third-order valence-corrected chi connectivity index (χ3v) is 7.53. The van der Waals surface area contributed by atoms with E-state index in [2.05, 4.69) is 27.8 Å². The number of amides is 3. The lowest BCUT2D eigenvalue weighted by molar-refractivity contribution is -0.117. The van der Waals surface area contributed by atoms with Gasteiger partial charge in [0.2, 0.25) is 11.8 Å². The number of nitrogens with one attached hydrogen (secondary N) is 2. The van der Waals surface area contributed by atoms with Gasteiger partial charge in [-0.2, -0.15) is 0 Å². The summed E-state index contributed by atoms with van der Waals surface area (Å²) in [6, 6.07) is -0.320. The molecule has 4 fully saturated rings. The Labute approximate surface area is 175 Å². The van der Waals surface area contributed by atoms with Crippen LogP contribution in [-0.4, -0.2) is 52.4 Å². The Bertz CT molecular complexity index is 730. The lowest BCUT2D eigenvalue weighted by Crippen LogP contribution is -2.61. The zero-order valence-corrected chi connectivity index (χ0v) is 18.3. The first-order valence-corrected chi connectivity index (χ1v) is 11.6. The fraction of sp³-hybridized carbons (Fsp3) is 0.800. The maximum absolute atomic E-state index is 12.4. The van der Waals surface area contributed by atoms with E-state index >= 15 is 0 Å². The zero-order valence-electron chi connectivity index (χ0n) is 17.4. The van der Waals surface area contributed by atoms with Gasteiger partial charge in [0.05, 0.1) is 11.8 Å². The molecule has 1 aromatic heterocycles. The van der Waals surface area contributed by atoms with Crippen molar-refractivity contribution in [3.8, 4) is 0 Å². The summed E-state index contributed by atoms with van der Waals surface area (Å²) in [4.78, 5) is 26.7. The summed E-state index contributed by atoms with van der Waals surface area (Å²) in [5.74, 6) is 2.49. The lowest BCUT2D eigenvalue weighted by atomic mass is 9.53. The molecule has 4 saturated carbocycles. The molecule has 0 spiro atoms. The molecule has 0 unspecified atom stereocenters. The van der Waals surface area contributed by atoms with E-state index in [4.69, 9.17) is 4.42 Å². The Hall–Kier alpha value is -1.61. The van der Waals surface area contributed by atoms with Crippen LogP contribution in [0.2, 0.25) is 0 Å². The molecule has 160 valence electrons. The van der Waals surface area contributed by atoms with Gasteiger partial charge in [-0.05, 0) is 76.8 Å². The number of rotatable bonds is 7. The summed E-state index contributed by atoms with van der Waals surface area (Å²) in [5, 5.41) is 14.1. The topological polar surface area (TPSA) is 100 Å². The molecular formula is C20H31N5O3S. The first-order chi connectivity index (χ1) is 13.9. The number of thioether (sulfide) groups is 1. The second-order valence-corrected chi connectivity index (χ2v) is 10.2. The van der Waals surface area contributed by atoms with Crippen LogP contribution in [0.15, 0.2) is 9.64 Å². The summed E-state index contributed by atoms with van der Waals surface area (Å²) in [5.41, 5.74) is -0.102. The van der Waals surface area contributed by atoms with E-state index in [1.165, 1.54) is 19.3 Å². The van der Waals surface area contributed by atoms with Crippen molar-refractivity contribution >= 4 is 23.7 Å². The third kappa shape index (κ3) is 4.60. The molecule has 0 aliphatic heterocycles. The maximum Gasteiger partial charge on any atom is 0.321 e. The van der Waals surface area contributed by atoms with Crippen molar-refractivity contribution in [2.24, 2.45) is 17.8 Å². The van der Waals surface area contributed by atoms with Crippen molar-refractivity contribution < 1.29 is 14.0 Å². The quantitative estimate of drug-likeness (QED) is 0.653. The number of imide groups is 1. The minimum absolute atomic E-state index is 0.0525. The Morgan fingerprint density at radius 1 is 1.17 bits per heavy atom. The SMILES string of the molecule is CC[C@@H](c1nnc(SCC(=O)NC(=O)NC23CC4CC(CC(C4)C2)C3)o1)N(C)C. The van der Waals surface area contributed by atoms with Crippen LogP contribution in [0.5, 0.6) is 0 Å². The summed E-state index contributed by atoms with van der Waals surface area (Å²) in [6.07, 6.45) is 7.98. The molecule has 0 radical (unpaired) electrons. The predicted molar refractivity (Wildman–Crippen MR) is 109 cm³/mol. The summed E-state index contributed by atoms with van der Waals surface area (Å²) in [6.45, 7) is 2.05. The van der Waals surface area contributed by atoms with Crippen LogP contribution in [0.4, 0.5) is 4.79 Å². The van der Waals surface area contributed by atoms with E-state index in [9.17, 15) is 9.59 Å². The summed E-state index contributed by atoms with van der Waals surface area (Å²) >= 11 is 1.15. The molecule has 3 amide bonds. The zero-order chi connectivity index (χ0) is 20.6. The Morgan fingerprint density at radius 3 is 2.34 bits per heavy atom. The van der Waals surface area contributed by atoms with Gasteiger partial charge < -0.3 is 9.73 Å². The van der Waals surface area contributed by atoms with Crippen molar-refractivity contribution in [3.05, 3.63) is 5.89 Å². The van der Waals surface area contributed by atoms with E-state index in [0.29, 0.717) is 11.1 Å². The molecule has 0 aromatic carbocycles. The van der Waals surface area contributed by atoms with Gasteiger partial charge in [0.1, 0.15) is 0 Å². The number of hydrogen-bond donors (Lipinski definition) is 2. The highest BCUT2D eigenvalue weighted by Crippen LogP contribution is 2.55. The monoisotopic (exact) mass is 421 g/mol. The Morgan fingerprint density at radius 2 is 1.79 bits per heavy atom. The smallest absolute Gasteiger partial charge is 0.321 e. The van der Waals surface area contributed by atoms with Gasteiger partial charge in [0.15, 0.2) is 0 Å². The van der Waals surface area contributed by atoms with Crippen LogP contribution >= 0.6 is 11.8 Å². The van der Waals surface area contributed by atoms with Gasteiger partial charge in [0, 0.05) is 5.54 Å². The molecule has 1 aromatic rings. The molecule has 9 heteroatoms. The summed E-state index contributed by atoms with van der Waals surface area (Å²) < 4.78 is 5.66. The fourth-order valence-electron chi connectivity index (χ4n) is 6.00. The average molecular weight is 422 g/mol. The molecule has 4 aliphatic carbocycles. The van der Waals surface area contributed by atoms with E-state index in [1.807, 2.05) is 19.0 Å². The number of nitrogens with zero attached hydrogens (tertiary/aromatic N) is 3. The molecule has 1 atom stereocenters. The standard InChI is InChI=1S/C20H31N5O3S/c1-4-15(25(2)3)17-23-24-19(28-17)29-11-16(26)21-18(27)22-20-8-12-5-13(9-20)7-14(6-12)10-20/h12-15H,4-11H2,1-3H3,(H2,21,22,26,27)/t12?,13?,14?,15-,20?/m0/s1. The maximum atomic E-state index is 12.4. The number of aromatic nitrogens is 2. The van der Waals surface area contributed by atoms with E-state index in [-0.39, 0.29) is 29.3 Å². The van der Waals surface area contributed by atoms with Gasteiger partial charge in [-0.1, -0.05) is 18.7 Å². The van der Waals surface area contributed by atoms with E-state index in [0.717, 1.165) is 55.2 Å². The fourth-order valence-corrected chi connectivity index (χ4v) is 6.57. The number of carbonyl (C=O) groups excluding carboxylic acids is 2. The molecular weight excluding hydrogens is 390 g/mol. The van der Waals surface area contributed by atoms with Crippen LogP contribution in [0, 0.1) is 17.8 Å². The van der Waals surface area contributed by atoms with E-state index < -0.39 is 0 Å². The Kier molecular flexibility index (Phi) is 5.88. The first kappa shape index (κ1) is 20.7. The van der Waals surface area contributed by atoms with Crippen molar-refractivity contribution in [2.45, 2.75) is 68.7 Å². The highest BCUT2D eigenvalue weighted by molar-refractivity contribution is 7.99. The second-order valence-electron chi connectivity index (χ2n) is 9.28. The van der Waals surface area contributed by atoms with Crippen LogP contribution < -0.4 is 10.6 Å². The molecule has 4 bridgehead atoms. The minimum Gasteiger partial charge on any atom is -0.414 e. The normalized spacial score (nSPS) is 31.1. The molecule has 1 heterocycles. The van der Waals surface area contributed by atoms with Crippen molar-refractivity contribution in [2.75, 3.05) is 19.8 Å². The molecule has 2 N–H and O–H groups in total. The van der Waals surface area contributed by atoms with Crippen molar-refractivity contribution in [3.63, 3.8) is 0 Å². The van der Waals surface area contributed by atoms with Gasteiger partial charge in [0.25, 0.3) is 5.22 Å². The van der Waals surface area contributed by atoms with Gasteiger partial charge in [-0.25, -0.2) is 4.79 Å². The third-order valence-electron chi connectivity index (χ3n) is 6.71. The number of urea groups is 1. The molecule has 29 heavy (non-hydrogen) atoms. The van der Waals surface area contributed by atoms with Gasteiger partial charge in [-0.15, -0.1) is 10.2 Å². The molecule has 4 aliphatic rings. The molecule has 8 nitrogen and oxygen atoms in total. The minimum atomic E-state index is -0.373. The highest BCUT2D eigenvalue weighted by Gasteiger charge is 2.51. The second kappa shape index (κ2) is 8.26. The summed E-state index contributed by atoms with van der Waals surface area (Å²) in [7, 11) is 3.92. The highest BCUT2D eigenvalue weighted by atomic mass is 32.2. The first-order valence-electron chi connectivity index (χ1n) is 10.6. The van der Waals surface area contributed by atoms with Crippen molar-refractivity contribution in [1.29, 1.82) is 0 Å². The van der Waals surface area contributed by atoms with Gasteiger partial charge >= 0.3 is 6.03 Å². The molecule has 5 rings (SSSR count).